The van der Waals surface area contributed by atoms with Gasteiger partial charge in [0.2, 0.25) is 5.91 Å². The van der Waals surface area contributed by atoms with E-state index in [1.165, 1.54) is 12.1 Å². The predicted molar refractivity (Wildman–Crippen MR) is 169 cm³/mol. The van der Waals surface area contributed by atoms with Gasteiger partial charge >= 0.3 is 6.18 Å². The largest absolute Gasteiger partial charge is 0.416 e. The summed E-state index contributed by atoms with van der Waals surface area (Å²) in [6.07, 6.45) is -1.75. The van der Waals surface area contributed by atoms with Gasteiger partial charge in [0.25, 0.3) is 5.91 Å². The number of benzene rings is 4. The highest BCUT2D eigenvalue weighted by Crippen LogP contribution is 2.35. The van der Waals surface area contributed by atoms with Gasteiger partial charge in [-0.15, -0.1) is 0 Å². The van der Waals surface area contributed by atoms with Crippen LogP contribution in [0.1, 0.15) is 53.6 Å². The third kappa shape index (κ3) is 7.30. The SMILES string of the molecule is CCCNC(=O)C(c1ccccc1)C1CCN(c2ccc(NC(=O)c3ccccc3-c3ccc(C(F)(F)F)cc3)cc2)CC1. The maximum atomic E-state index is 13.2. The molecule has 4 aromatic rings. The first-order valence-corrected chi connectivity index (χ1v) is 15.0. The summed E-state index contributed by atoms with van der Waals surface area (Å²) in [7, 11) is 0. The summed E-state index contributed by atoms with van der Waals surface area (Å²) in [6.45, 7) is 4.36. The van der Waals surface area contributed by atoms with E-state index in [-0.39, 0.29) is 23.7 Å². The van der Waals surface area contributed by atoms with E-state index < -0.39 is 11.7 Å². The van der Waals surface area contributed by atoms with Crippen molar-refractivity contribution in [1.82, 2.24) is 5.32 Å². The zero-order valence-electron chi connectivity index (χ0n) is 24.6. The number of rotatable bonds is 9. The number of carbonyl (C=O) groups is 2. The van der Waals surface area contributed by atoms with E-state index in [4.69, 9.17) is 0 Å². The molecule has 4 aromatic carbocycles. The lowest BCUT2D eigenvalue weighted by molar-refractivity contribution is -0.137. The maximum Gasteiger partial charge on any atom is 0.416 e. The summed E-state index contributed by atoms with van der Waals surface area (Å²) in [5.74, 6) is -0.180. The fourth-order valence-electron chi connectivity index (χ4n) is 5.87. The average Bonchev–Trinajstić information content (AvgIpc) is 3.05. The van der Waals surface area contributed by atoms with Gasteiger partial charge in [-0.3, -0.25) is 9.59 Å². The number of hydrogen-bond acceptors (Lipinski definition) is 3. The van der Waals surface area contributed by atoms with Gasteiger partial charge in [0.15, 0.2) is 0 Å². The Morgan fingerprint density at radius 3 is 2.11 bits per heavy atom. The summed E-state index contributed by atoms with van der Waals surface area (Å²) < 4.78 is 39.1. The molecular formula is C36H36F3N3O2. The van der Waals surface area contributed by atoms with Crippen molar-refractivity contribution in [2.24, 2.45) is 5.92 Å². The Kier molecular flexibility index (Phi) is 9.68. The summed E-state index contributed by atoms with van der Waals surface area (Å²) in [6, 6.07) is 29.3. The number of amides is 2. The molecule has 0 saturated carbocycles. The number of anilines is 2. The van der Waals surface area contributed by atoms with Crippen LogP contribution < -0.4 is 15.5 Å². The Labute approximate surface area is 256 Å². The normalized spacial score (nSPS) is 14.6. The lowest BCUT2D eigenvalue weighted by atomic mass is 9.79. The molecule has 1 unspecified atom stereocenters. The molecular weight excluding hydrogens is 563 g/mol. The minimum absolute atomic E-state index is 0.0940. The van der Waals surface area contributed by atoms with Gasteiger partial charge in [0, 0.05) is 36.6 Å². The first-order valence-electron chi connectivity index (χ1n) is 15.0. The number of piperidine rings is 1. The number of carbonyl (C=O) groups excluding carboxylic acids is 2. The lowest BCUT2D eigenvalue weighted by Gasteiger charge is -2.37. The van der Waals surface area contributed by atoms with E-state index in [0.717, 1.165) is 55.7 Å². The van der Waals surface area contributed by atoms with Gasteiger partial charge in [-0.05, 0) is 84.3 Å². The van der Waals surface area contributed by atoms with Crippen LogP contribution in [0.5, 0.6) is 0 Å². The first-order chi connectivity index (χ1) is 21.2. The number of halogens is 3. The highest BCUT2D eigenvalue weighted by molar-refractivity contribution is 6.08. The number of nitrogens with zero attached hydrogens (tertiary/aromatic N) is 1. The summed E-state index contributed by atoms with van der Waals surface area (Å²) in [4.78, 5) is 28.7. The molecule has 1 saturated heterocycles. The molecule has 5 rings (SSSR count). The van der Waals surface area contributed by atoms with Crippen molar-refractivity contribution >= 4 is 23.2 Å². The van der Waals surface area contributed by atoms with Crippen LogP contribution in [0, 0.1) is 5.92 Å². The number of nitrogens with one attached hydrogen (secondary N) is 2. The van der Waals surface area contributed by atoms with Gasteiger partial charge in [-0.1, -0.05) is 67.6 Å². The standard InChI is InChI=1S/C36H36F3N3O2/c1-2-22-40-35(44)33(26-8-4-3-5-9-26)27-20-23-42(24-21-27)30-18-16-29(17-19-30)41-34(43)32-11-7-6-10-31(32)25-12-14-28(15-13-25)36(37,38)39/h3-19,27,33H,2,20-24H2,1H3,(H,40,44)(H,41,43). The molecule has 1 aliphatic heterocycles. The van der Waals surface area contributed by atoms with Gasteiger partial charge < -0.3 is 15.5 Å². The van der Waals surface area contributed by atoms with E-state index in [2.05, 4.69) is 22.5 Å². The van der Waals surface area contributed by atoms with Crippen LogP contribution in [0.15, 0.2) is 103 Å². The predicted octanol–water partition coefficient (Wildman–Crippen LogP) is 8.15. The molecule has 2 N–H and O–H groups in total. The molecule has 1 heterocycles. The third-order valence-corrected chi connectivity index (χ3v) is 8.19. The highest BCUT2D eigenvalue weighted by Gasteiger charge is 2.33. The van der Waals surface area contributed by atoms with Crippen molar-refractivity contribution in [1.29, 1.82) is 0 Å². The van der Waals surface area contributed by atoms with E-state index in [0.29, 0.717) is 28.9 Å². The highest BCUT2D eigenvalue weighted by atomic mass is 19.4. The van der Waals surface area contributed by atoms with Crippen LogP contribution in [-0.4, -0.2) is 31.4 Å². The van der Waals surface area contributed by atoms with Crippen LogP contribution in [-0.2, 0) is 11.0 Å². The number of hydrogen-bond donors (Lipinski definition) is 2. The molecule has 1 fully saturated rings. The molecule has 2 amide bonds. The summed E-state index contributed by atoms with van der Waals surface area (Å²) in [5.41, 5.74) is 3.43. The minimum Gasteiger partial charge on any atom is -0.372 e. The van der Waals surface area contributed by atoms with Gasteiger partial charge in [0.1, 0.15) is 0 Å². The monoisotopic (exact) mass is 599 g/mol. The minimum atomic E-state index is -4.42. The van der Waals surface area contributed by atoms with E-state index in [1.807, 2.05) is 54.6 Å². The smallest absolute Gasteiger partial charge is 0.372 e. The topological polar surface area (TPSA) is 61.4 Å². The van der Waals surface area contributed by atoms with Crippen LogP contribution >= 0.6 is 0 Å². The van der Waals surface area contributed by atoms with Gasteiger partial charge in [-0.2, -0.15) is 13.2 Å². The summed E-state index contributed by atoms with van der Waals surface area (Å²) >= 11 is 0. The molecule has 44 heavy (non-hydrogen) atoms. The molecule has 0 radical (unpaired) electrons. The van der Waals surface area contributed by atoms with E-state index in [9.17, 15) is 22.8 Å². The Balaban J connectivity index is 1.23. The first kappa shape index (κ1) is 30.9. The second-order valence-corrected chi connectivity index (χ2v) is 11.1. The maximum absolute atomic E-state index is 13.2. The Hall–Kier alpha value is -4.59. The molecule has 1 atom stereocenters. The Bertz CT molecular complexity index is 1550. The number of alkyl halides is 3. The van der Waals surface area contributed by atoms with E-state index >= 15 is 0 Å². The zero-order valence-corrected chi connectivity index (χ0v) is 24.6. The van der Waals surface area contributed by atoms with Crippen LogP contribution in [0.3, 0.4) is 0 Å². The second kappa shape index (κ2) is 13.8. The quantitative estimate of drug-likeness (QED) is 0.204. The van der Waals surface area contributed by atoms with Crippen molar-refractivity contribution in [3.8, 4) is 11.1 Å². The van der Waals surface area contributed by atoms with Crippen molar-refractivity contribution < 1.29 is 22.8 Å². The van der Waals surface area contributed by atoms with Crippen molar-refractivity contribution in [3.63, 3.8) is 0 Å². The van der Waals surface area contributed by atoms with E-state index in [1.54, 1.807) is 24.3 Å². The summed E-state index contributed by atoms with van der Waals surface area (Å²) in [5, 5.41) is 6.02. The third-order valence-electron chi connectivity index (χ3n) is 8.19. The van der Waals surface area contributed by atoms with Crippen molar-refractivity contribution in [2.45, 2.75) is 38.3 Å². The van der Waals surface area contributed by atoms with Gasteiger partial charge in [-0.25, -0.2) is 0 Å². The lowest BCUT2D eigenvalue weighted by Crippen LogP contribution is -2.40. The Morgan fingerprint density at radius 2 is 1.48 bits per heavy atom. The molecule has 228 valence electrons. The van der Waals surface area contributed by atoms with Crippen LogP contribution in [0.25, 0.3) is 11.1 Å². The molecule has 0 spiro atoms. The molecule has 5 nitrogen and oxygen atoms in total. The van der Waals surface area contributed by atoms with Gasteiger partial charge in [0.05, 0.1) is 11.5 Å². The fraction of sp³-hybridized carbons (Fsp3) is 0.278. The Morgan fingerprint density at radius 1 is 0.841 bits per heavy atom. The van der Waals surface area contributed by atoms with Crippen LogP contribution in [0.4, 0.5) is 24.5 Å². The van der Waals surface area contributed by atoms with Crippen molar-refractivity contribution in [3.05, 3.63) is 120 Å². The fourth-order valence-corrected chi connectivity index (χ4v) is 5.87. The molecule has 0 aliphatic carbocycles. The molecule has 1 aliphatic rings. The van der Waals surface area contributed by atoms with Crippen LogP contribution in [0.2, 0.25) is 0 Å². The molecule has 0 bridgehead atoms. The molecule has 8 heteroatoms. The molecule has 0 aromatic heterocycles. The van der Waals surface area contributed by atoms with Crippen molar-refractivity contribution in [2.75, 3.05) is 29.9 Å². The average molecular weight is 600 g/mol. The zero-order chi connectivity index (χ0) is 31.1. The second-order valence-electron chi connectivity index (χ2n) is 11.1.